The number of carbonyl (C=O) groups is 2. The van der Waals surface area contributed by atoms with E-state index in [4.69, 9.17) is 9.47 Å². The summed E-state index contributed by atoms with van der Waals surface area (Å²) in [6, 6.07) is 5.41. The topological polar surface area (TPSA) is 84.9 Å². The lowest BCUT2D eigenvalue weighted by Crippen LogP contribution is -2.36. The van der Waals surface area contributed by atoms with Crippen LogP contribution in [-0.2, 0) is 14.9 Å². The van der Waals surface area contributed by atoms with Crippen LogP contribution in [0.4, 0.5) is 10.5 Å². The molecule has 1 aromatic carbocycles. The van der Waals surface area contributed by atoms with E-state index in [1.165, 1.54) is 7.11 Å². The quantitative estimate of drug-likeness (QED) is 0.851. The van der Waals surface area contributed by atoms with E-state index in [1.807, 2.05) is 12.1 Å². The molecule has 0 saturated heterocycles. The molecule has 0 heterocycles. The number of carbonyl (C=O) groups excluding carboxylic acids is 1. The zero-order valence-corrected chi connectivity index (χ0v) is 14.6. The molecule has 1 aliphatic rings. The fourth-order valence-corrected chi connectivity index (χ4v) is 3.00. The van der Waals surface area contributed by atoms with Crippen molar-refractivity contribution >= 4 is 17.7 Å². The van der Waals surface area contributed by atoms with Crippen LogP contribution in [0.5, 0.6) is 5.75 Å². The molecule has 24 heavy (non-hydrogen) atoms. The van der Waals surface area contributed by atoms with Gasteiger partial charge in [0.15, 0.2) is 0 Å². The molecule has 2 N–H and O–H groups in total. The number of anilines is 1. The van der Waals surface area contributed by atoms with Crippen LogP contribution in [-0.4, -0.2) is 29.9 Å². The van der Waals surface area contributed by atoms with Crippen LogP contribution in [0.2, 0.25) is 0 Å². The third kappa shape index (κ3) is 4.19. The second kappa shape index (κ2) is 6.71. The molecule has 6 nitrogen and oxygen atoms in total. The fraction of sp³-hybridized carbons (Fsp3) is 0.556. The van der Waals surface area contributed by atoms with E-state index < -0.39 is 17.7 Å². The number of amides is 1. The van der Waals surface area contributed by atoms with Crippen molar-refractivity contribution in [2.24, 2.45) is 0 Å². The molecule has 0 bridgehead atoms. The summed E-state index contributed by atoms with van der Waals surface area (Å²) in [5.41, 5.74) is 0.515. The number of hydrogen-bond acceptors (Lipinski definition) is 4. The lowest BCUT2D eigenvalue weighted by atomic mass is 9.62. The van der Waals surface area contributed by atoms with Crippen LogP contribution >= 0.6 is 0 Å². The Kier molecular flexibility index (Phi) is 5.06. The van der Waals surface area contributed by atoms with Gasteiger partial charge in [-0.05, 0) is 51.3 Å². The Morgan fingerprint density at radius 2 is 1.96 bits per heavy atom. The van der Waals surface area contributed by atoms with Crippen molar-refractivity contribution in [3.05, 3.63) is 23.8 Å². The monoisotopic (exact) mass is 335 g/mol. The molecule has 6 heteroatoms. The van der Waals surface area contributed by atoms with E-state index in [0.717, 1.165) is 24.8 Å². The molecule has 0 aromatic heterocycles. The molecule has 1 aromatic rings. The molecule has 2 rings (SSSR count). The van der Waals surface area contributed by atoms with E-state index in [1.54, 1.807) is 26.8 Å². The molecular formula is C18H25NO5. The Balaban J connectivity index is 2.21. The Hall–Kier alpha value is -2.24. The van der Waals surface area contributed by atoms with E-state index in [2.05, 4.69) is 5.32 Å². The number of rotatable bonds is 5. The van der Waals surface area contributed by atoms with Crippen molar-refractivity contribution in [3.63, 3.8) is 0 Å². The summed E-state index contributed by atoms with van der Waals surface area (Å²) >= 11 is 0. The molecule has 1 fully saturated rings. The van der Waals surface area contributed by atoms with Crippen molar-refractivity contribution in [1.29, 1.82) is 0 Å². The predicted molar refractivity (Wildman–Crippen MR) is 90.6 cm³/mol. The highest BCUT2D eigenvalue weighted by Crippen LogP contribution is 2.48. The molecule has 0 spiro atoms. The molecule has 1 amide bonds. The lowest BCUT2D eigenvalue weighted by Gasteiger charge is -2.41. The molecule has 0 radical (unpaired) electrons. The number of carboxylic acids is 1. The zero-order chi connectivity index (χ0) is 18.0. The van der Waals surface area contributed by atoms with E-state index in [-0.39, 0.29) is 11.8 Å². The summed E-state index contributed by atoms with van der Waals surface area (Å²) < 4.78 is 10.6. The van der Waals surface area contributed by atoms with Crippen molar-refractivity contribution in [2.75, 3.05) is 12.4 Å². The fourth-order valence-electron chi connectivity index (χ4n) is 3.00. The highest BCUT2D eigenvalue weighted by atomic mass is 16.6. The van der Waals surface area contributed by atoms with Crippen molar-refractivity contribution in [3.8, 4) is 5.75 Å². The average Bonchev–Trinajstić information content (AvgIpc) is 2.41. The summed E-state index contributed by atoms with van der Waals surface area (Å²) in [7, 11) is 1.52. The number of carboxylic acid groups (broad SMARTS) is 1. The number of methoxy groups -OCH3 is 1. The highest BCUT2D eigenvalue weighted by Gasteiger charge is 2.41. The summed E-state index contributed by atoms with van der Waals surface area (Å²) in [5.74, 6) is -0.306. The first-order valence-corrected chi connectivity index (χ1v) is 8.05. The Labute approximate surface area is 142 Å². The summed E-state index contributed by atoms with van der Waals surface area (Å²) in [4.78, 5) is 23.1. The second-order valence-corrected chi connectivity index (χ2v) is 7.25. The smallest absolute Gasteiger partial charge is 0.412 e. The maximum atomic E-state index is 11.9. The summed E-state index contributed by atoms with van der Waals surface area (Å²) in [6.45, 7) is 5.37. The third-order valence-electron chi connectivity index (χ3n) is 4.25. The van der Waals surface area contributed by atoms with Crippen molar-refractivity contribution in [1.82, 2.24) is 0 Å². The van der Waals surface area contributed by atoms with E-state index >= 15 is 0 Å². The first-order valence-electron chi connectivity index (χ1n) is 8.05. The van der Waals surface area contributed by atoms with Gasteiger partial charge in [-0.1, -0.05) is 12.5 Å². The van der Waals surface area contributed by atoms with Gasteiger partial charge in [0, 0.05) is 5.41 Å². The number of hydrogen-bond donors (Lipinski definition) is 2. The third-order valence-corrected chi connectivity index (χ3v) is 4.25. The molecule has 0 unspecified atom stereocenters. The molecule has 0 aliphatic heterocycles. The number of nitrogens with one attached hydrogen (secondary N) is 1. The Morgan fingerprint density at radius 1 is 1.29 bits per heavy atom. The minimum absolute atomic E-state index is 0.106. The van der Waals surface area contributed by atoms with Gasteiger partial charge in [-0.25, -0.2) is 4.79 Å². The molecule has 1 saturated carbocycles. The number of aliphatic carboxylic acids is 1. The standard InChI is InChI=1S/C18H25NO5/c1-17(2,3)24-16(22)19-13-7-6-12(10-14(13)23-4)18(8-5-9-18)11-15(20)21/h6-7,10H,5,8-9,11H2,1-4H3,(H,19,22)(H,20,21). The van der Waals surface area contributed by atoms with Gasteiger partial charge in [0.05, 0.1) is 19.2 Å². The van der Waals surface area contributed by atoms with Crippen LogP contribution in [0.15, 0.2) is 18.2 Å². The average molecular weight is 335 g/mol. The highest BCUT2D eigenvalue weighted by molar-refractivity contribution is 5.87. The predicted octanol–water partition coefficient (Wildman–Crippen LogP) is 3.94. The van der Waals surface area contributed by atoms with Gasteiger partial charge >= 0.3 is 12.1 Å². The minimum atomic E-state index is -0.801. The van der Waals surface area contributed by atoms with E-state index in [9.17, 15) is 14.7 Å². The van der Waals surface area contributed by atoms with Crippen LogP contribution in [0.1, 0.15) is 52.0 Å². The van der Waals surface area contributed by atoms with Crippen LogP contribution in [0.25, 0.3) is 0 Å². The first kappa shape index (κ1) is 18.1. The minimum Gasteiger partial charge on any atom is -0.495 e. The molecule has 0 atom stereocenters. The maximum Gasteiger partial charge on any atom is 0.412 e. The van der Waals surface area contributed by atoms with E-state index in [0.29, 0.717) is 11.4 Å². The Morgan fingerprint density at radius 3 is 2.42 bits per heavy atom. The number of ether oxygens (including phenoxy) is 2. The normalized spacial score (nSPS) is 16.0. The first-order chi connectivity index (χ1) is 11.1. The lowest BCUT2D eigenvalue weighted by molar-refractivity contribution is -0.139. The zero-order valence-electron chi connectivity index (χ0n) is 14.6. The van der Waals surface area contributed by atoms with Gasteiger partial charge in [0.2, 0.25) is 0 Å². The maximum absolute atomic E-state index is 11.9. The summed E-state index contributed by atoms with van der Waals surface area (Å²) in [6.07, 6.45) is 2.27. The van der Waals surface area contributed by atoms with Gasteiger partial charge in [0.1, 0.15) is 11.4 Å². The van der Waals surface area contributed by atoms with Crippen LogP contribution < -0.4 is 10.1 Å². The largest absolute Gasteiger partial charge is 0.495 e. The van der Waals surface area contributed by atoms with Crippen LogP contribution in [0.3, 0.4) is 0 Å². The van der Waals surface area contributed by atoms with Crippen molar-refractivity contribution < 1.29 is 24.2 Å². The molecule has 132 valence electrons. The van der Waals surface area contributed by atoms with Gasteiger partial charge in [0.25, 0.3) is 0 Å². The molecule has 1 aliphatic carbocycles. The second-order valence-electron chi connectivity index (χ2n) is 7.25. The van der Waals surface area contributed by atoms with Gasteiger partial charge in [-0.15, -0.1) is 0 Å². The van der Waals surface area contributed by atoms with Gasteiger partial charge < -0.3 is 14.6 Å². The number of benzene rings is 1. The molecular weight excluding hydrogens is 310 g/mol. The van der Waals surface area contributed by atoms with Gasteiger partial charge in [-0.3, -0.25) is 10.1 Å². The summed E-state index contributed by atoms with van der Waals surface area (Å²) in [5, 5.41) is 11.8. The van der Waals surface area contributed by atoms with Gasteiger partial charge in [-0.2, -0.15) is 0 Å². The SMILES string of the molecule is COc1cc(C2(CC(=O)O)CCC2)ccc1NC(=O)OC(C)(C)C. The Bertz CT molecular complexity index is 629. The van der Waals surface area contributed by atoms with Crippen molar-refractivity contribution in [2.45, 2.75) is 57.5 Å². The van der Waals surface area contributed by atoms with Crippen LogP contribution in [0, 0.1) is 0 Å².